The number of anilines is 1. The summed E-state index contributed by atoms with van der Waals surface area (Å²) in [6, 6.07) is 8.21. The van der Waals surface area contributed by atoms with Gasteiger partial charge in [0.25, 0.3) is 0 Å². The highest BCUT2D eigenvalue weighted by Crippen LogP contribution is 2.19. The van der Waals surface area contributed by atoms with Gasteiger partial charge in [0.2, 0.25) is 0 Å². The van der Waals surface area contributed by atoms with Crippen molar-refractivity contribution in [2.24, 2.45) is 13.0 Å². The SMILES string of the molecule is Cc1cccc(NC[C@@H]2CCN(Cc3ccnn3C)C2)n1. The van der Waals surface area contributed by atoms with E-state index >= 15 is 0 Å². The van der Waals surface area contributed by atoms with Crippen molar-refractivity contribution in [1.29, 1.82) is 0 Å². The maximum Gasteiger partial charge on any atom is 0.126 e. The number of likely N-dealkylation sites (tertiary alicyclic amines) is 1. The van der Waals surface area contributed by atoms with E-state index in [9.17, 15) is 0 Å². The minimum Gasteiger partial charge on any atom is -0.370 e. The Balaban J connectivity index is 1.47. The van der Waals surface area contributed by atoms with Gasteiger partial charge in [-0.25, -0.2) is 4.98 Å². The molecular formula is C16H23N5. The van der Waals surface area contributed by atoms with Crippen molar-refractivity contribution in [3.8, 4) is 0 Å². The van der Waals surface area contributed by atoms with Crippen LogP contribution in [-0.4, -0.2) is 39.3 Å². The molecule has 0 bridgehead atoms. The zero-order valence-corrected chi connectivity index (χ0v) is 12.8. The summed E-state index contributed by atoms with van der Waals surface area (Å²) in [6.45, 7) is 6.33. The van der Waals surface area contributed by atoms with Gasteiger partial charge in [-0.2, -0.15) is 5.10 Å². The quantitative estimate of drug-likeness (QED) is 0.913. The Kier molecular flexibility index (Phi) is 4.20. The highest BCUT2D eigenvalue weighted by atomic mass is 15.3. The molecule has 112 valence electrons. The van der Waals surface area contributed by atoms with E-state index in [1.807, 2.05) is 43.0 Å². The standard InChI is InChI=1S/C16H23N5/c1-13-4-3-5-16(19-13)17-10-14-7-9-21(11-14)12-15-6-8-18-20(15)2/h3-6,8,14H,7,9-12H2,1-2H3,(H,17,19)/t14-/m0/s1. The maximum absolute atomic E-state index is 4.49. The Hall–Kier alpha value is -1.88. The second kappa shape index (κ2) is 6.26. The molecule has 1 saturated heterocycles. The predicted octanol–water partition coefficient (Wildman–Crippen LogP) is 2.06. The molecule has 0 saturated carbocycles. The molecule has 0 unspecified atom stereocenters. The molecule has 0 amide bonds. The molecule has 1 aliphatic heterocycles. The van der Waals surface area contributed by atoms with Gasteiger partial charge in [0.15, 0.2) is 0 Å². The number of nitrogens with zero attached hydrogens (tertiary/aromatic N) is 4. The average Bonchev–Trinajstić information content (AvgIpc) is 3.07. The molecule has 2 aromatic rings. The first-order valence-corrected chi connectivity index (χ1v) is 7.57. The van der Waals surface area contributed by atoms with E-state index in [1.54, 1.807) is 0 Å². The molecule has 2 aromatic heterocycles. The van der Waals surface area contributed by atoms with Gasteiger partial charge in [0.1, 0.15) is 5.82 Å². The van der Waals surface area contributed by atoms with Gasteiger partial charge in [0.05, 0.1) is 5.69 Å². The van der Waals surface area contributed by atoms with Crippen LogP contribution in [0.1, 0.15) is 17.8 Å². The molecule has 0 aromatic carbocycles. The third-order valence-electron chi connectivity index (χ3n) is 4.14. The molecule has 0 aliphatic carbocycles. The largest absolute Gasteiger partial charge is 0.370 e. The fourth-order valence-electron chi connectivity index (χ4n) is 2.90. The summed E-state index contributed by atoms with van der Waals surface area (Å²) in [5.41, 5.74) is 2.34. The normalized spacial score (nSPS) is 19.0. The fraction of sp³-hybridized carbons (Fsp3) is 0.500. The number of nitrogens with one attached hydrogen (secondary N) is 1. The van der Waals surface area contributed by atoms with Crippen LogP contribution in [0.5, 0.6) is 0 Å². The molecule has 1 N–H and O–H groups in total. The molecule has 21 heavy (non-hydrogen) atoms. The van der Waals surface area contributed by atoms with Crippen LogP contribution in [0, 0.1) is 12.8 Å². The van der Waals surface area contributed by atoms with Crippen molar-refractivity contribution in [2.45, 2.75) is 19.9 Å². The molecule has 0 spiro atoms. The summed E-state index contributed by atoms with van der Waals surface area (Å²) >= 11 is 0. The first-order chi connectivity index (χ1) is 10.2. The van der Waals surface area contributed by atoms with Gasteiger partial charge in [0, 0.05) is 38.6 Å². The van der Waals surface area contributed by atoms with Gasteiger partial charge >= 0.3 is 0 Å². The predicted molar refractivity (Wildman–Crippen MR) is 84.1 cm³/mol. The highest BCUT2D eigenvalue weighted by molar-refractivity contribution is 5.35. The Morgan fingerprint density at radius 2 is 2.24 bits per heavy atom. The minimum absolute atomic E-state index is 0.695. The lowest BCUT2D eigenvalue weighted by molar-refractivity contribution is 0.309. The zero-order valence-electron chi connectivity index (χ0n) is 12.8. The second-order valence-electron chi connectivity index (χ2n) is 5.88. The van der Waals surface area contributed by atoms with E-state index in [0.717, 1.165) is 31.1 Å². The number of pyridine rings is 1. The smallest absolute Gasteiger partial charge is 0.126 e. The molecule has 5 heteroatoms. The lowest BCUT2D eigenvalue weighted by Crippen LogP contribution is -2.23. The fourth-order valence-corrected chi connectivity index (χ4v) is 2.90. The van der Waals surface area contributed by atoms with E-state index in [4.69, 9.17) is 0 Å². The average molecular weight is 285 g/mol. The van der Waals surface area contributed by atoms with Crippen molar-refractivity contribution >= 4 is 5.82 Å². The summed E-state index contributed by atoms with van der Waals surface area (Å²) in [6.07, 6.45) is 3.12. The van der Waals surface area contributed by atoms with E-state index in [2.05, 4.69) is 26.4 Å². The molecule has 1 aliphatic rings. The summed E-state index contributed by atoms with van der Waals surface area (Å²) in [5, 5.41) is 7.69. The molecule has 1 atom stereocenters. The number of hydrogen-bond acceptors (Lipinski definition) is 4. The lowest BCUT2D eigenvalue weighted by Gasteiger charge is -2.16. The molecule has 0 radical (unpaired) electrons. The summed E-state index contributed by atoms with van der Waals surface area (Å²) in [4.78, 5) is 7.00. The molecule has 5 nitrogen and oxygen atoms in total. The van der Waals surface area contributed by atoms with E-state index in [0.29, 0.717) is 5.92 Å². The van der Waals surface area contributed by atoms with Crippen LogP contribution >= 0.6 is 0 Å². The number of aryl methyl sites for hydroxylation is 2. The van der Waals surface area contributed by atoms with Gasteiger partial charge in [-0.3, -0.25) is 9.58 Å². The van der Waals surface area contributed by atoms with Crippen LogP contribution in [0.4, 0.5) is 5.82 Å². The Bertz CT molecular complexity index is 592. The van der Waals surface area contributed by atoms with Crippen molar-refractivity contribution < 1.29 is 0 Å². The highest BCUT2D eigenvalue weighted by Gasteiger charge is 2.22. The van der Waals surface area contributed by atoms with Crippen LogP contribution in [0.25, 0.3) is 0 Å². The van der Waals surface area contributed by atoms with E-state index in [-0.39, 0.29) is 0 Å². The second-order valence-corrected chi connectivity index (χ2v) is 5.88. The van der Waals surface area contributed by atoms with Crippen LogP contribution in [0.15, 0.2) is 30.5 Å². The van der Waals surface area contributed by atoms with Crippen LogP contribution in [0.2, 0.25) is 0 Å². The maximum atomic E-state index is 4.49. The molecule has 3 heterocycles. The minimum atomic E-state index is 0.695. The first kappa shape index (κ1) is 14.1. The molecular weight excluding hydrogens is 262 g/mol. The summed E-state index contributed by atoms with van der Waals surface area (Å²) in [7, 11) is 2.01. The Morgan fingerprint density at radius 1 is 1.33 bits per heavy atom. The summed E-state index contributed by atoms with van der Waals surface area (Å²) in [5.74, 6) is 1.68. The Morgan fingerprint density at radius 3 is 3.00 bits per heavy atom. The van der Waals surface area contributed by atoms with Crippen LogP contribution in [0.3, 0.4) is 0 Å². The zero-order chi connectivity index (χ0) is 14.7. The van der Waals surface area contributed by atoms with Crippen molar-refractivity contribution in [1.82, 2.24) is 19.7 Å². The molecule has 3 rings (SSSR count). The lowest BCUT2D eigenvalue weighted by atomic mass is 10.1. The van der Waals surface area contributed by atoms with Crippen molar-refractivity contribution in [3.05, 3.63) is 41.9 Å². The van der Waals surface area contributed by atoms with Crippen molar-refractivity contribution in [3.63, 3.8) is 0 Å². The van der Waals surface area contributed by atoms with Crippen LogP contribution < -0.4 is 5.32 Å². The molecule has 1 fully saturated rings. The van der Waals surface area contributed by atoms with E-state index < -0.39 is 0 Å². The Labute approximate surface area is 126 Å². The topological polar surface area (TPSA) is 46.0 Å². The van der Waals surface area contributed by atoms with Gasteiger partial charge in [-0.05, 0) is 44.0 Å². The number of aromatic nitrogens is 3. The third kappa shape index (κ3) is 3.61. The van der Waals surface area contributed by atoms with Gasteiger partial charge < -0.3 is 5.32 Å². The number of hydrogen-bond donors (Lipinski definition) is 1. The van der Waals surface area contributed by atoms with Gasteiger partial charge in [-0.1, -0.05) is 6.07 Å². The van der Waals surface area contributed by atoms with E-state index in [1.165, 1.54) is 18.7 Å². The van der Waals surface area contributed by atoms with Crippen LogP contribution in [-0.2, 0) is 13.6 Å². The summed E-state index contributed by atoms with van der Waals surface area (Å²) < 4.78 is 1.96. The van der Waals surface area contributed by atoms with Gasteiger partial charge in [-0.15, -0.1) is 0 Å². The first-order valence-electron chi connectivity index (χ1n) is 7.57. The van der Waals surface area contributed by atoms with Crippen molar-refractivity contribution in [2.75, 3.05) is 25.0 Å². The monoisotopic (exact) mass is 285 g/mol. The third-order valence-corrected chi connectivity index (χ3v) is 4.14. The number of rotatable bonds is 5.